The van der Waals surface area contributed by atoms with Crippen LogP contribution in [0.5, 0.6) is 5.75 Å². The Bertz CT molecular complexity index is 599. The van der Waals surface area contributed by atoms with Crippen molar-refractivity contribution in [2.45, 2.75) is 13.0 Å². The lowest BCUT2D eigenvalue weighted by atomic mass is 9.96. The van der Waals surface area contributed by atoms with E-state index in [9.17, 15) is 9.50 Å². The number of nitrogen functional groups attached to an aromatic ring is 1. The first-order chi connectivity index (χ1) is 9.04. The Morgan fingerprint density at radius 2 is 1.95 bits per heavy atom. The van der Waals surface area contributed by atoms with Gasteiger partial charge in [0.2, 0.25) is 0 Å². The topological polar surface area (TPSA) is 55.5 Å². The lowest BCUT2D eigenvalue weighted by Crippen LogP contribution is -2.06. The monoisotopic (exact) mass is 261 g/mol. The van der Waals surface area contributed by atoms with Crippen molar-refractivity contribution in [1.29, 1.82) is 0 Å². The molecule has 0 saturated heterocycles. The van der Waals surface area contributed by atoms with E-state index >= 15 is 0 Å². The zero-order chi connectivity index (χ0) is 14.0. The van der Waals surface area contributed by atoms with Crippen molar-refractivity contribution in [3.05, 3.63) is 58.9 Å². The fourth-order valence-corrected chi connectivity index (χ4v) is 2.10. The molecule has 100 valence electrons. The molecule has 0 aliphatic carbocycles. The minimum Gasteiger partial charge on any atom is -0.496 e. The Balaban J connectivity index is 2.50. The number of nitrogens with two attached hydrogens (primary N) is 1. The first kappa shape index (κ1) is 13.4. The Kier molecular flexibility index (Phi) is 3.71. The van der Waals surface area contributed by atoms with Crippen LogP contribution in [-0.4, -0.2) is 12.2 Å². The van der Waals surface area contributed by atoms with Gasteiger partial charge in [-0.1, -0.05) is 12.1 Å². The van der Waals surface area contributed by atoms with E-state index in [1.165, 1.54) is 18.2 Å². The van der Waals surface area contributed by atoms with Crippen LogP contribution in [0.25, 0.3) is 0 Å². The first-order valence-electron chi connectivity index (χ1n) is 5.91. The van der Waals surface area contributed by atoms with Gasteiger partial charge in [0.15, 0.2) is 0 Å². The number of methoxy groups -OCH3 is 1. The van der Waals surface area contributed by atoms with Gasteiger partial charge >= 0.3 is 0 Å². The number of ether oxygens (including phenoxy) is 1. The normalized spacial score (nSPS) is 12.2. The molecular weight excluding hydrogens is 245 g/mol. The Labute approximate surface area is 111 Å². The number of aliphatic hydroxyl groups is 1. The fourth-order valence-electron chi connectivity index (χ4n) is 2.10. The molecule has 0 bridgehead atoms. The second-order valence-corrected chi connectivity index (χ2v) is 4.35. The maximum absolute atomic E-state index is 13.3. The molecule has 19 heavy (non-hydrogen) atoms. The number of benzene rings is 2. The van der Waals surface area contributed by atoms with Gasteiger partial charge in [-0.15, -0.1) is 0 Å². The first-order valence-corrected chi connectivity index (χ1v) is 5.91. The molecule has 0 heterocycles. The van der Waals surface area contributed by atoms with Gasteiger partial charge in [0.25, 0.3) is 0 Å². The maximum Gasteiger partial charge on any atom is 0.123 e. The van der Waals surface area contributed by atoms with Crippen molar-refractivity contribution in [1.82, 2.24) is 0 Å². The summed E-state index contributed by atoms with van der Waals surface area (Å²) in [4.78, 5) is 0. The number of hydrogen-bond donors (Lipinski definition) is 2. The summed E-state index contributed by atoms with van der Waals surface area (Å²) in [5.74, 6) is 0.246. The van der Waals surface area contributed by atoms with E-state index in [-0.39, 0.29) is 0 Å². The molecule has 2 rings (SSSR count). The molecule has 2 aromatic carbocycles. The summed E-state index contributed by atoms with van der Waals surface area (Å²) in [6, 6.07) is 9.32. The van der Waals surface area contributed by atoms with E-state index in [0.717, 1.165) is 5.56 Å². The number of anilines is 1. The van der Waals surface area contributed by atoms with Crippen LogP contribution in [0.1, 0.15) is 22.8 Å². The second kappa shape index (κ2) is 5.28. The third kappa shape index (κ3) is 2.53. The van der Waals surface area contributed by atoms with Gasteiger partial charge < -0.3 is 15.6 Å². The van der Waals surface area contributed by atoms with Crippen molar-refractivity contribution in [2.24, 2.45) is 0 Å². The van der Waals surface area contributed by atoms with Crippen LogP contribution in [-0.2, 0) is 0 Å². The van der Waals surface area contributed by atoms with Crippen LogP contribution >= 0.6 is 0 Å². The standard InChI is InChI=1S/C15H16FNO2/c1-9-11(4-3-5-14(9)19-2)15(18)12-8-10(16)6-7-13(12)17/h3-8,15,18H,17H2,1-2H3/t15-/m1/s1. The van der Waals surface area contributed by atoms with Gasteiger partial charge in [-0.2, -0.15) is 0 Å². The maximum atomic E-state index is 13.3. The summed E-state index contributed by atoms with van der Waals surface area (Å²) >= 11 is 0. The van der Waals surface area contributed by atoms with Gasteiger partial charge in [0.05, 0.1) is 7.11 Å². The van der Waals surface area contributed by atoms with Crippen molar-refractivity contribution in [3.8, 4) is 5.75 Å². The molecule has 3 nitrogen and oxygen atoms in total. The van der Waals surface area contributed by atoms with Gasteiger partial charge in [-0.3, -0.25) is 0 Å². The van der Waals surface area contributed by atoms with Crippen molar-refractivity contribution >= 4 is 5.69 Å². The third-order valence-electron chi connectivity index (χ3n) is 3.18. The largest absolute Gasteiger partial charge is 0.496 e. The molecule has 0 unspecified atom stereocenters. The molecule has 0 saturated carbocycles. The highest BCUT2D eigenvalue weighted by atomic mass is 19.1. The van der Waals surface area contributed by atoms with Crippen LogP contribution in [0.3, 0.4) is 0 Å². The summed E-state index contributed by atoms with van der Waals surface area (Å²) in [5, 5.41) is 10.4. The summed E-state index contributed by atoms with van der Waals surface area (Å²) in [6.07, 6.45) is -0.981. The molecule has 3 N–H and O–H groups in total. The second-order valence-electron chi connectivity index (χ2n) is 4.35. The van der Waals surface area contributed by atoms with Crippen LogP contribution < -0.4 is 10.5 Å². The average Bonchev–Trinajstić information content (AvgIpc) is 2.41. The van der Waals surface area contributed by atoms with Crippen LogP contribution in [0.15, 0.2) is 36.4 Å². The lowest BCUT2D eigenvalue weighted by Gasteiger charge is -2.17. The molecule has 0 amide bonds. The summed E-state index contributed by atoms with van der Waals surface area (Å²) in [7, 11) is 1.56. The zero-order valence-corrected chi connectivity index (χ0v) is 10.9. The Hall–Kier alpha value is -2.07. The Morgan fingerprint density at radius 1 is 1.21 bits per heavy atom. The van der Waals surface area contributed by atoms with Crippen LogP contribution in [0.2, 0.25) is 0 Å². The number of aliphatic hydroxyl groups excluding tert-OH is 1. The van der Waals surface area contributed by atoms with Gasteiger partial charge in [0, 0.05) is 11.3 Å². The van der Waals surface area contributed by atoms with Gasteiger partial charge in [-0.25, -0.2) is 4.39 Å². The molecule has 0 fully saturated rings. The van der Waals surface area contributed by atoms with Crippen molar-refractivity contribution in [3.63, 3.8) is 0 Å². The van der Waals surface area contributed by atoms with Crippen molar-refractivity contribution in [2.75, 3.05) is 12.8 Å². The average molecular weight is 261 g/mol. The molecule has 1 atom stereocenters. The number of hydrogen-bond acceptors (Lipinski definition) is 3. The minimum absolute atomic E-state index is 0.358. The highest BCUT2D eigenvalue weighted by Crippen LogP contribution is 2.32. The predicted octanol–water partition coefficient (Wildman–Crippen LogP) is 2.81. The summed E-state index contributed by atoms with van der Waals surface area (Å²) < 4.78 is 18.5. The fraction of sp³-hybridized carbons (Fsp3) is 0.200. The predicted molar refractivity (Wildman–Crippen MR) is 72.6 cm³/mol. The molecule has 0 spiro atoms. The van der Waals surface area contributed by atoms with E-state index in [2.05, 4.69) is 0 Å². The highest BCUT2D eigenvalue weighted by molar-refractivity contribution is 5.53. The third-order valence-corrected chi connectivity index (χ3v) is 3.18. The molecule has 0 aromatic heterocycles. The zero-order valence-electron chi connectivity index (χ0n) is 10.9. The molecule has 0 aliphatic rings. The molecule has 2 aromatic rings. The summed E-state index contributed by atoms with van der Waals surface area (Å²) in [5.41, 5.74) is 7.96. The van der Waals surface area contributed by atoms with E-state index in [0.29, 0.717) is 22.6 Å². The van der Waals surface area contributed by atoms with Crippen LogP contribution in [0, 0.1) is 12.7 Å². The minimum atomic E-state index is -0.981. The van der Waals surface area contributed by atoms with Crippen LogP contribution in [0.4, 0.5) is 10.1 Å². The SMILES string of the molecule is COc1cccc([C@@H](O)c2cc(F)ccc2N)c1C. The number of halogens is 1. The lowest BCUT2D eigenvalue weighted by molar-refractivity contribution is 0.219. The molecular formula is C15H16FNO2. The summed E-state index contributed by atoms with van der Waals surface area (Å²) in [6.45, 7) is 1.84. The van der Waals surface area contributed by atoms with Gasteiger partial charge in [-0.05, 0) is 42.3 Å². The van der Waals surface area contributed by atoms with E-state index < -0.39 is 11.9 Å². The number of rotatable bonds is 3. The smallest absolute Gasteiger partial charge is 0.123 e. The van der Waals surface area contributed by atoms with E-state index in [1.807, 2.05) is 6.92 Å². The quantitative estimate of drug-likeness (QED) is 0.835. The van der Waals surface area contributed by atoms with Gasteiger partial charge in [0.1, 0.15) is 17.7 Å². The van der Waals surface area contributed by atoms with E-state index in [1.54, 1.807) is 25.3 Å². The van der Waals surface area contributed by atoms with E-state index in [4.69, 9.17) is 10.5 Å². The molecule has 0 aliphatic heterocycles. The molecule has 4 heteroatoms. The highest BCUT2D eigenvalue weighted by Gasteiger charge is 2.18. The van der Waals surface area contributed by atoms with Crippen molar-refractivity contribution < 1.29 is 14.2 Å². The Morgan fingerprint density at radius 3 is 2.63 bits per heavy atom. The molecule has 0 radical (unpaired) electrons.